The summed E-state index contributed by atoms with van der Waals surface area (Å²) < 4.78 is 30.5. The van der Waals surface area contributed by atoms with Crippen molar-refractivity contribution in [2.45, 2.75) is 33.7 Å². The van der Waals surface area contributed by atoms with Gasteiger partial charge in [-0.3, -0.25) is 4.99 Å². The number of aromatic nitrogens is 1. The number of nitrogens with zero attached hydrogens (tertiary/aromatic N) is 2. The molecule has 0 bridgehead atoms. The number of aryl methyl sites for hydroxylation is 2. The van der Waals surface area contributed by atoms with Gasteiger partial charge in [0.05, 0.1) is 18.0 Å². The van der Waals surface area contributed by atoms with Crippen LogP contribution in [-0.4, -0.2) is 45.3 Å². The average molecular weight is 331 g/mol. The molecule has 0 saturated carbocycles. The van der Waals surface area contributed by atoms with Crippen molar-refractivity contribution in [2.24, 2.45) is 4.99 Å². The van der Waals surface area contributed by atoms with Crippen LogP contribution < -0.4 is 15.4 Å². The molecule has 0 aliphatic heterocycles. The zero-order valence-corrected chi connectivity index (χ0v) is 14.4. The maximum absolute atomic E-state index is 11.3. The molecule has 9 heteroatoms. The van der Waals surface area contributed by atoms with Crippen LogP contribution in [0.3, 0.4) is 0 Å². The molecule has 0 fully saturated rings. The van der Waals surface area contributed by atoms with Crippen molar-refractivity contribution in [3.8, 4) is 0 Å². The van der Waals surface area contributed by atoms with Gasteiger partial charge in [0.2, 0.25) is 15.9 Å². The first-order chi connectivity index (χ1) is 10.4. The highest BCUT2D eigenvalue weighted by atomic mass is 32.2. The highest BCUT2D eigenvalue weighted by Gasteiger charge is 2.07. The number of aliphatic imine (C=N–C) groups is 1. The van der Waals surface area contributed by atoms with E-state index in [-0.39, 0.29) is 5.75 Å². The first-order valence-electron chi connectivity index (χ1n) is 7.22. The normalized spacial score (nSPS) is 12.5. The Bertz CT molecular complexity index is 575. The Hall–Kier alpha value is -1.61. The maximum atomic E-state index is 11.3. The van der Waals surface area contributed by atoms with Crippen LogP contribution in [0.15, 0.2) is 9.41 Å². The minimum atomic E-state index is -3.12. The molecule has 0 radical (unpaired) electrons. The number of nitrogens with one attached hydrogen (secondary N) is 3. The Balaban J connectivity index is 2.26. The lowest BCUT2D eigenvalue weighted by Crippen LogP contribution is -2.38. The molecule has 126 valence electrons. The van der Waals surface area contributed by atoms with E-state index >= 15 is 0 Å². The zero-order valence-electron chi connectivity index (χ0n) is 13.6. The molecule has 22 heavy (non-hydrogen) atoms. The van der Waals surface area contributed by atoms with Crippen LogP contribution in [0.4, 0.5) is 0 Å². The summed E-state index contributed by atoms with van der Waals surface area (Å²) in [6.45, 7) is 6.83. The zero-order chi connectivity index (χ0) is 16.6. The Kier molecular flexibility index (Phi) is 7.33. The lowest BCUT2D eigenvalue weighted by molar-refractivity contribution is 0.463. The molecule has 0 saturated heterocycles. The number of oxazole rings is 1. The molecule has 0 unspecified atom stereocenters. The maximum Gasteiger partial charge on any atom is 0.214 e. The number of hydrogen-bond acceptors (Lipinski definition) is 5. The third-order valence-electron chi connectivity index (χ3n) is 3.05. The molecule has 8 nitrogen and oxygen atoms in total. The van der Waals surface area contributed by atoms with Crippen LogP contribution >= 0.6 is 0 Å². The van der Waals surface area contributed by atoms with Gasteiger partial charge in [-0.1, -0.05) is 0 Å². The van der Waals surface area contributed by atoms with Gasteiger partial charge < -0.3 is 15.1 Å². The summed E-state index contributed by atoms with van der Waals surface area (Å²) in [5, 5.41) is 6.19. The van der Waals surface area contributed by atoms with Crippen LogP contribution in [-0.2, 0) is 16.6 Å². The fourth-order valence-corrected chi connectivity index (χ4v) is 2.28. The number of sulfonamides is 1. The summed E-state index contributed by atoms with van der Waals surface area (Å²) >= 11 is 0. The van der Waals surface area contributed by atoms with Crippen molar-refractivity contribution in [2.75, 3.05) is 25.9 Å². The molecule has 3 N–H and O–H groups in total. The third-order valence-corrected chi connectivity index (χ3v) is 4.46. The molecule has 1 aromatic heterocycles. The Morgan fingerprint density at radius 3 is 2.55 bits per heavy atom. The van der Waals surface area contributed by atoms with Gasteiger partial charge in [-0.05, 0) is 27.2 Å². The highest BCUT2D eigenvalue weighted by molar-refractivity contribution is 7.89. The molecular weight excluding hydrogens is 306 g/mol. The van der Waals surface area contributed by atoms with Crippen LogP contribution in [0.2, 0.25) is 0 Å². The topological polar surface area (TPSA) is 109 Å². The molecule has 1 aromatic rings. The minimum absolute atomic E-state index is 0.0959. The second-order valence-electron chi connectivity index (χ2n) is 4.75. The summed E-state index contributed by atoms with van der Waals surface area (Å²) in [5.74, 6) is 2.13. The molecule has 0 atom stereocenters. The fraction of sp³-hybridized carbons (Fsp3) is 0.692. The number of hydrogen-bond donors (Lipinski definition) is 3. The van der Waals surface area contributed by atoms with Crippen molar-refractivity contribution in [1.29, 1.82) is 0 Å². The largest absolute Gasteiger partial charge is 0.444 e. The van der Waals surface area contributed by atoms with Crippen LogP contribution in [0, 0.1) is 13.8 Å². The summed E-state index contributed by atoms with van der Waals surface area (Å²) in [4.78, 5) is 8.36. The van der Waals surface area contributed by atoms with Gasteiger partial charge in [-0.2, -0.15) is 0 Å². The second kappa shape index (κ2) is 8.74. The molecule has 0 spiro atoms. The highest BCUT2D eigenvalue weighted by Crippen LogP contribution is 2.07. The summed E-state index contributed by atoms with van der Waals surface area (Å²) in [6, 6.07) is 0. The molecule has 0 aromatic carbocycles. The molecule has 0 aliphatic rings. The van der Waals surface area contributed by atoms with Crippen LogP contribution in [0.1, 0.15) is 30.7 Å². The third kappa shape index (κ3) is 6.44. The Labute approximate surface area is 131 Å². The Morgan fingerprint density at radius 2 is 2.00 bits per heavy atom. The van der Waals surface area contributed by atoms with E-state index in [1.165, 1.54) is 0 Å². The van der Waals surface area contributed by atoms with E-state index in [9.17, 15) is 8.42 Å². The van der Waals surface area contributed by atoms with Gasteiger partial charge in [0.15, 0.2) is 5.96 Å². The van der Waals surface area contributed by atoms with Gasteiger partial charge in [-0.25, -0.2) is 18.1 Å². The SMILES string of the molecule is CCS(=O)(=O)NCCCNC(=NC)NCc1nc(C)c(C)o1. The minimum Gasteiger partial charge on any atom is -0.444 e. The van der Waals surface area contributed by atoms with E-state index in [0.29, 0.717) is 37.9 Å². The van der Waals surface area contributed by atoms with Crippen LogP contribution in [0.5, 0.6) is 0 Å². The van der Waals surface area contributed by atoms with Gasteiger partial charge in [0.1, 0.15) is 5.76 Å². The van der Waals surface area contributed by atoms with Crippen molar-refractivity contribution < 1.29 is 12.8 Å². The quantitative estimate of drug-likeness (QED) is 0.359. The standard InChI is InChI=1S/C13H25N5O3S/c1-5-22(19,20)17-8-6-7-15-13(14-4)16-9-12-18-10(2)11(3)21-12/h17H,5-9H2,1-4H3,(H2,14,15,16). The smallest absolute Gasteiger partial charge is 0.214 e. The van der Waals surface area contributed by atoms with E-state index in [2.05, 4.69) is 25.3 Å². The fourth-order valence-electron chi connectivity index (χ4n) is 1.62. The molecule has 1 heterocycles. The summed E-state index contributed by atoms with van der Waals surface area (Å²) in [7, 11) is -1.45. The van der Waals surface area contributed by atoms with Gasteiger partial charge in [0.25, 0.3) is 0 Å². The number of rotatable bonds is 8. The lowest BCUT2D eigenvalue weighted by Gasteiger charge is -2.10. The van der Waals surface area contributed by atoms with Crippen molar-refractivity contribution >= 4 is 16.0 Å². The van der Waals surface area contributed by atoms with Gasteiger partial charge in [-0.15, -0.1) is 0 Å². The van der Waals surface area contributed by atoms with Crippen LogP contribution in [0.25, 0.3) is 0 Å². The second-order valence-corrected chi connectivity index (χ2v) is 6.85. The van der Waals surface area contributed by atoms with Gasteiger partial charge in [0, 0.05) is 20.1 Å². The predicted octanol–water partition coefficient (Wildman–Crippen LogP) is 0.286. The molecule has 0 aliphatic carbocycles. The first-order valence-corrected chi connectivity index (χ1v) is 8.88. The Morgan fingerprint density at radius 1 is 1.27 bits per heavy atom. The lowest BCUT2D eigenvalue weighted by atomic mass is 10.4. The van der Waals surface area contributed by atoms with E-state index in [1.54, 1.807) is 14.0 Å². The average Bonchev–Trinajstić information content (AvgIpc) is 2.80. The molecule has 1 rings (SSSR count). The molecular formula is C13H25N5O3S. The van der Waals surface area contributed by atoms with E-state index in [1.807, 2.05) is 13.8 Å². The summed E-state index contributed by atoms with van der Waals surface area (Å²) in [6.07, 6.45) is 0.664. The van der Waals surface area contributed by atoms with Crippen molar-refractivity contribution in [3.63, 3.8) is 0 Å². The van der Waals surface area contributed by atoms with Gasteiger partial charge >= 0.3 is 0 Å². The predicted molar refractivity (Wildman–Crippen MR) is 86.3 cm³/mol. The van der Waals surface area contributed by atoms with Crippen molar-refractivity contribution in [1.82, 2.24) is 20.3 Å². The van der Waals surface area contributed by atoms with E-state index in [4.69, 9.17) is 4.42 Å². The number of guanidine groups is 1. The summed E-state index contributed by atoms with van der Waals surface area (Å²) in [5.41, 5.74) is 0.878. The first kappa shape index (κ1) is 18.4. The van der Waals surface area contributed by atoms with Crippen molar-refractivity contribution in [3.05, 3.63) is 17.3 Å². The molecule has 0 amide bonds. The monoisotopic (exact) mass is 331 g/mol. The van der Waals surface area contributed by atoms with E-state index in [0.717, 1.165) is 11.5 Å². The van der Waals surface area contributed by atoms with E-state index < -0.39 is 10.0 Å².